The first-order chi connectivity index (χ1) is 8.06. The predicted octanol–water partition coefficient (Wildman–Crippen LogP) is 4.90. The maximum Gasteiger partial charge on any atom is 0.143 e. The molecule has 0 aliphatic carbocycles. The van der Waals surface area contributed by atoms with Crippen molar-refractivity contribution in [2.24, 2.45) is 0 Å². The number of hydrogen-bond donors (Lipinski definition) is 0. The molecule has 0 aromatic carbocycles. The van der Waals surface area contributed by atoms with Crippen molar-refractivity contribution in [3.05, 3.63) is 21.8 Å². The molecule has 1 aromatic heterocycles. The van der Waals surface area contributed by atoms with Crippen LogP contribution in [0.3, 0.4) is 0 Å². The summed E-state index contributed by atoms with van der Waals surface area (Å²) in [6, 6.07) is 2.34. The summed E-state index contributed by atoms with van der Waals surface area (Å²) in [5.41, 5.74) is 0. The van der Waals surface area contributed by atoms with E-state index in [0.717, 1.165) is 16.8 Å². The molecule has 0 saturated carbocycles. The zero-order valence-corrected chi connectivity index (χ0v) is 13.1. The molecule has 0 radical (unpaired) electrons. The van der Waals surface area contributed by atoms with Gasteiger partial charge in [-0.25, -0.2) is 4.98 Å². The van der Waals surface area contributed by atoms with Gasteiger partial charge in [-0.3, -0.25) is 0 Å². The van der Waals surface area contributed by atoms with Crippen LogP contribution in [0.4, 0.5) is 5.82 Å². The third kappa shape index (κ3) is 4.47. The third-order valence-corrected chi connectivity index (χ3v) is 3.48. The molecule has 0 aliphatic rings. The van der Waals surface area contributed by atoms with E-state index in [-0.39, 0.29) is 0 Å². The van der Waals surface area contributed by atoms with Crippen molar-refractivity contribution in [2.75, 3.05) is 11.4 Å². The van der Waals surface area contributed by atoms with Crippen molar-refractivity contribution in [2.45, 2.75) is 46.1 Å². The molecule has 1 rings (SSSR count). The number of halogens is 2. The molecule has 0 unspecified atom stereocenters. The number of anilines is 1. The van der Waals surface area contributed by atoms with Crippen LogP contribution in [0.15, 0.2) is 16.7 Å². The first-order valence-corrected chi connectivity index (χ1v) is 7.31. The fourth-order valence-electron chi connectivity index (χ4n) is 1.76. The molecule has 0 aliphatic heterocycles. The molecule has 17 heavy (non-hydrogen) atoms. The molecule has 0 saturated heterocycles. The highest BCUT2D eigenvalue weighted by molar-refractivity contribution is 9.10. The molecule has 1 aromatic rings. The van der Waals surface area contributed by atoms with Crippen LogP contribution < -0.4 is 4.90 Å². The van der Waals surface area contributed by atoms with E-state index >= 15 is 0 Å². The van der Waals surface area contributed by atoms with Gasteiger partial charge in [-0.15, -0.1) is 0 Å². The van der Waals surface area contributed by atoms with E-state index in [2.05, 4.69) is 46.6 Å². The normalized spacial score (nSPS) is 10.9. The summed E-state index contributed by atoms with van der Waals surface area (Å²) >= 11 is 9.45. The lowest BCUT2D eigenvalue weighted by Crippen LogP contribution is -2.32. The summed E-state index contributed by atoms with van der Waals surface area (Å²) in [5.74, 6) is 0.987. The second kappa shape index (κ2) is 7.22. The SMILES string of the molecule is CCCCCN(c1ncc(Cl)cc1Br)C(C)C. The Hall–Kier alpha value is -0.280. The summed E-state index contributed by atoms with van der Waals surface area (Å²) in [6.45, 7) is 7.64. The standard InChI is InChI=1S/C13H20BrClN2/c1-4-5-6-7-17(10(2)3)13-12(14)8-11(15)9-16-13/h8-10H,4-7H2,1-3H3. The fourth-order valence-corrected chi connectivity index (χ4v) is 2.63. The third-order valence-electron chi connectivity index (χ3n) is 2.69. The van der Waals surface area contributed by atoms with E-state index in [1.54, 1.807) is 6.20 Å². The van der Waals surface area contributed by atoms with Crippen molar-refractivity contribution in [3.8, 4) is 0 Å². The first kappa shape index (κ1) is 14.8. The maximum atomic E-state index is 5.92. The average Bonchev–Trinajstić information content (AvgIpc) is 2.25. The Bertz CT molecular complexity index is 355. The maximum absolute atomic E-state index is 5.92. The van der Waals surface area contributed by atoms with Gasteiger partial charge in [-0.2, -0.15) is 0 Å². The summed E-state index contributed by atoms with van der Waals surface area (Å²) in [7, 11) is 0. The Morgan fingerprint density at radius 2 is 2.12 bits per heavy atom. The van der Waals surface area contributed by atoms with E-state index in [0.29, 0.717) is 11.1 Å². The summed E-state index contributed by atoms with van der Waals surface area (Å²) in [5, 5.41) is 0.665. The van der Waals surface area contributed by atoms with Crippen LogP contribution in [0.25, 0.3) is 0 Å². The molecule has 4 heteroatoms. The van der Waals surface area contributed by atoms with Crippen molar-refractivity contribution in [3.63, 3.8) is 0 Å². The molecule has 0 N–H and O–H groups in total. The second-order valence-electron chi connectivity index (χ2n) is 4.45. The average molecular weight is 320 g/mol. The van der Waals surface area contributed by atoms with Gasteiger partial charge in [0.1, 0.15) is 5.82 Å². The van der Waals surface area contributed by atoms with E-state index in [9.17, 15) is 0 Å². The molecular formula is C13H20BrClN2. The lowest BCUT2D eigenvalue weighted by Gasteiger charge is -2.28. The minimum atomic E-state index is 0.442. The molecule has 96 valence electrons. The smallest absolute Gasteiger partial charge is 0.143 e. The van der Waals surface area contributed by atoms with Gasteiger partial charge in [0.05, 0.1) is 9.50 Å². The summed E-state index contributed by atoms with van der Waals surface area (Å²) in [6.07, 6.45) is 5.40. The molecule has 2 nitrogen and oxygen atoms in total. The van der Waals surface area contributed by atoms with Gasteiger partial charge in [-0.05, 0) is 42.3 Å². The Morgan fingerprint density at radius 3 is 2.65 bits per heavy atom. The summed E-state index contributed by atoms with van der Waals surface area (Å²) in [4.78, 5) is 6.74. The number of unbranched alkanes of at least 4 members (excludes halogenated alkanes) is 2. The van der Waals surface area contributed by atoms with Crippen LogP contribution in [-0.4, -0.2) is 17.6 Å². The van der Waals surface area contributed by atoms with Gasteiger partial charge in [0.15, 0.2) is 0 Å². The molecule has 0 fully saturated rings. The zero-order chi connectivity index (χ0) is 12.8. The number of pyridine rings is 1. The lowest BCUT2D eigenvalue weighted by atomic mass is 10.2. The van der Waals surface area contributed by atoms with E-state index in [1.165, 1.54) is 19.3 Å². The highest BCUT2D eigenvalue weighted by Gasteiger charge is 2.14. The van der Waals surface area contributed by atoms with Crippen LogP contribution in [-0.2, 0) is 0 Å². The monoisotopic (exact) mass is 318 g/mol. The minimum Gasteiger partial charge on any atom is -0.353 e. The van der Waals surface area contributed by atoms with Gasteiger partial charge in [-0.1, -0.05) is 31.4 Å². The highest BCUT2D eigenvalue weighted by atomic mass is 79.9. The van der Waals surface area contributed by atoms with Crippen molar-refractivity contribution in [1.82, 2.24) is 4.98 Å². The molecule has 0 spiro atoms. The van der Waals surface area contributed by atoms with E-state index in [4.69, 9.17) is 11.6 Å². The Kier molecular flexibility index (Phi) is 6.28. The van der Waals surface area contributed by atoms with Gasteiger partial charge in [0.2, 0.25) is 0 Å². The largest absolute Gasteiger partial charge is 0.353 e. The Morgan fingerprint density at radius 1 is 1.41 bits per heavy atom. The van der Waals surface area contributed by atoms with Gasteiger partial charge in [0.25, 0.3) is 0 Å². The summed E-state index contributed by atoms with van der Waals surface area (Å²) < 4.78 is 0.968. The Balaban J connectivity index is 2.82. The van der Waals surface area contributed by atoms with Gasteiger partial charge in [0, 0.05) is 18.8 Å². The number of rotatable bonds is 6. The van der Waals surface area contributed by atoms with Crippen LogP contribution in [0, 0.1) is 0 Å². The van der Waals surface area contributed by atoms with E-state index < -0.39 is 0 Å². The number of hydrogen-bond acceptors (Lipinski definition) is 2. The van der Waals surface area contributed by atoms with Crippen molar-refractivity contribution in [1.29, 1.82) is 0 Å². The van der Waals surface area contributed by atoms with E-state index in [1.807, 2.05) is 6.07 Å². The number of aromatic nitrogens is 1. The zero-order valence-electron chi connectivity index (χ0n) is 10.7. The minimum absolute atomic E-state index is 0.442. The molecule has 0 bridgehead atoms. The topological polar surface area (TPSA) is 16.1 Å². The molecule has 1 heterocycles. The quantitative estimate of drug-likeness (QED) is 0.693. The molecule has 0 atom stereocenters. The number of nitrogens with zero attached hydrogens (tertiary/aromatic N) is 2. The Labute approximate surface area is 118 Å². The highest BCUT2D eigenvalue weighted by Crippen LogP contribution is 2.28. The van der Waals surface area contributed by atoms with Crippen molar-refractivity contribution >= 4 is 33.3 Å². The van der Waals surface area contributed by atoms with Gasteiger partial charge < -0.3 is 4.90 Å². The van der Waals surface area contributed by atoms with Crippen LogP contribution in [0.5, 0.6) is 0 Å². The second-order valence-corrected chi connectivity index (χ2v) is 5.74. The first-order valence-electron chi connectivity index (χ1n) is 6.14. The van der Waals surface area contributed by atoms with Crippen LogP contribution >= 0.6 is 27.5 Å². The van der Waals surface area contributed by atoms with Gasteiger partial charge >= 0.3 is 0 Å². The lowest BCUT2D eigenvalue weighted by molar-refractivity contribution is 0.619. The predicted molar refractivity (Wildman–Crippen MR) is 79.0 cm³/mol. The molecule has 0 amide bonds. The van der Waals surface area contributed by atoms with Crippen molar-refractivity contribution < 1.29 is 0 Å². The molecular weight excluding hydrogens is 300 g/mol. The fraction of sp³-hybridized carbons (Fsp3) is 0.615. The van der Waals surface area contributed by atoms with Crippen LogP contribution in [0.2, 0.25) is 5.02 Å². The van der Waals surface area contributed by atoms with Crippen LogP contribution in [0.1, 0.15) is 40.0 Å².